The number of fused-ring (bicyclic) bond motifs is 1. The highest BCUT2D eigenvalue weighted by Gasteiger charge is 2.43. The number of nitrogens with zero attached hydrogens (tertiary/aromatic N) is 2. The van der Waals surface area contributed by atoms with Gasteiger partial charge in [-0.25, -0.2) is 14.6 Å². The van der Waals surface area contributed by atoms with Gasteiger partial charge in [-0.2, -0.15) is 0 Å². The lowest BCUT2D eigenvalue weighted by molar-refractivity contribution is 0.0926. The van der Waals surface area contributed by atoms with Crippen molar-refractivity contribution >= 4 is 56.9 Å². The van der Waals surface area contributed by atoms with Crippen LogP contribution in [0.3, 0.4) is 0 Å². The summed E-state index contributed by atoms with van der Waals surface area (Å²) in [5.74, 6) is -0.585. The Morgan fingerprint density at radius 2 is 1.90 bits per heavy atom. The molecule has 31 heavy (non-hydrogen) atoms. The van der Waals surface area contributed by atoms with Crippen molar-refractivity contribution in [3.05, 3.63) is 51.5 Å². The van der Waals surface area contributed by atoms with Crippen molar-refractivity contribution in [3.63, 3.8) is 0 Å². The summed E-state index contributed by atoms with van der Waals surface area (Å²) >= 11 is 6.08. The first-order valence-corrected chi connectivity index (χ1v) is 12.5. The molecule has 0 spiro atoms. The fourth-order valence-electron chi connectivity index (χ4n) is 3.91. The monoisotopic (exact) mass is 477 g/mol. The molecule has 3 unspecified atom stereocenters. The number of anilines is 2. The molecule has 2 heterocycles. The van der Waals surface area contributed by atoms with Crippen LogP contribution in [0.15, 0.2) is 30.5 Å². The van der Waals surface area contributed by atoms with Crippen LogP contribution < -0.4 is 9.62 Å². The molecule has 1 aromatic heterocycles. The Kier molecular flexibility index (Phi) is 5.93. The zero-order chi connectivity index (χ0) is 22.5. The average Bonchev–Trinajstić information content (AvgIpc) is 3.24. The fourth-order valence-corrected chi connectivity index (χ4v) is 6.02. The van der Waals surface area contributed by atoms with Crippen LogP contribution in [-0.4, -0.2) is 26.6 Å². The Morgan fingerprint density at radius 3 is 2.48 bits per heavy atom. The van der Waals surface area contributed by atoms with E-state index in [0.717, 1.165) is 22.6 Å². The lowest BCUT2D eigenvalue weighted by atomic mass is 9.76. The van der Waals surface area contributed by atoms with E-state index in [1.54, 1.807) is 18.3 Å². The third-order valence-corrected chi connectivity index (χ3v) is 8.28. The fraction of sp³-hybridized carbons (Fsp3) is 0.409. The maximum Gasteiger partial charge on any atom is 0.270 e. The first kappa shape index (κ1) is 22.3. The molecule has 0 radical (unpaired) electrons. The maximum atomic E-state index is 13.2. The average molecular weight is 478 g/mol. The molecule has 0 bridgehead atoms. The Bertz CT molecular complexity index is 1080. The molecule has 164 valence electrons. The quantitative estimate of drug-likeness (QED) is 0.364. The van der Waals surface area contributed by atoms with Gasteiger partial charge in [0, 0.05) is 17.5 Å². The van der Waals surface area contributed by atoms with Gasteiger partial charge in [-0.15, -0.1) is 11.3 Å². The van der Waals surface area contributed by atoms with Gasteiger partial charge in [-0.3, -0.25) is 9.59 Å². The number of aryl methyl sites for hydroxylation is 1. The van der Waals surface area contributed by atoms with E-state index >= 15 is 0 Å². The lowest BCUT2D eigenvalue weighted by Gasteiger charge is -2.32. The summed E-state index contributed by atoms with van der Waals surface area (Å²) in [5.41, 5.74) is 0.774. The molecule has 2 amide bonds. The second kappa shape index (κ2) is 8.24. The number of thiazole rings is 1. The number of imide groups is 1. The topological polar surface area (TPSA) is 85.4 Å². The molecule has 4 rings (SSSR count). The summed E-state index contributed by atoms with van der Waals surface area (Å²) in [7, 11) is 0. The van der Waals surface area contributed by atoms with Crippen LogP contribution in [-0.2, 0) is 11.4 Å². The number of benzene rings is 1. The van der Waals surface area contributed by atoms with E-state index in [4.69, 9.17) is 11.6 Å². The number of halogens is 1. The predicted octanol–water partition coefficient (Wildman–Crippen LogP) is 5.36. The van der Waals surface area contributed by atoms with Gasteiger partial charge in [-0.1, -0.05) is 38.4 Å². The van der Waals surface area contributed by atoms with Gasteiger partial charge in [0.1, 0.15) is 0 Å². The summed E-state index contributed by atoms with van der Waals surface area (Å²) in [6.45, 7) is 8.46. The molecule has 0 saturated heterocycles. The van der Waals surface area contributed by atoms with E-state index < -0.39 is 23.2 Å². The van der Waals surface area contributed by atoms with Gasteiger partial charge in [-0.05, 0) is 42.9 Å². The molecular formula is C22H24ClN3O3S2. The zero-order valence-corrected chi connectivity index (χ0v) is 20.2. The largest absolute Gasteiger partial charge is 0.593 e. The van der Waals surface area contributed by atoms with Crippen LogP contribution in [0.2, 0.25) is 5.02 Å². The van der Waals surface area contributed by atoms with Crippen LogP contribution in [0.25, 0.3) is 0 Å². The Morgan fingerprint density at radius 1 is 1.19 bits per heavy atom. The molecule has 1 N–H and O–H groups in total. The van der Waals surface area contributed by atoms with Crippen molar-refractivity contribution in [2.24, 2.45) is 11.3 Å². The normalized spacial score (nSPS) is 22.1. The van der Waals surface area contributed by atoms with Crippen molar-refractivity contribution in [1.29, 1.82) is 0 Å². The van der Waals surface area contributed by atoms with Crippen molar-refractivity contribution < 1.29 is 14.1 Å². The molecule has 1 aliphatic heterocycles. The number of carbonyl (C=O) groups excluding carboxylic acids is 2. The highest BCUT2D eigenvalue weighted by atomic mass is 35.5. The minimum Gasteiger partial charge on any atom is -0.593 e. The third kappa shape index (κ3) is 4.14. The van der Waals surface area contributed by atoms with Crippen molar-refractivity contribution in [2.75, 3.05) is 9.62 Å². The first-order chi connectivity index (χ1) is 14.6. The maximum absolute atomic E-state index is 13.2. The number of nitrogens with one attached hydrogen (secondary N) is 1. The van der Waals surface area contributed by atoms with Crippen LogP contribution in [0.4, 0.5) is 10.8 Å². The van der Waals surface area contributed by atoms with Crippen LogP contribution in [0.1, 0.15) is 59.2 Å². The number of amides is 2. The number of carbonyl (C=O) groups is 2. The molecule has 0 fully saturated rings. The van der Waals surface area contributed by atoms with Gasteiger partial charge < -0.3 is 4.55 Å². The summed E-state index contributed by atoms with van der Waals surface area (Å²) in [5, 5.41) is 0.316. The molecule has 1 aliphatic carbocycles. The second-order valence-electron chi connectivity index (χ2n) is 8.92. The molecule has 1 aromatic carbocycles. The summed E-state index contributed by atoms with van der Waals surface area (Å²) in [4.78, 5) is 32.2. The summed E-state index contributed by atoms with van der Waals surface area (Å²) < 4.78 is 16.0. The zero-order valence-electron chi connectivity index (χ0n) is 17.8. The number of hydrogen-bond donors (Lipinski definition) is 1. The van der Waals surface area contributed by atoms with Crippen molar-refractivity contribution in [3.8, 4) is 0 Å². The number of hydrogen-bond acceptors (Lipinski definition) is 6. The van der Waals surface area contributed by atoms with E-state index in [-0.39, 0.29) is 26.8 Å². The van der Waals surface area contributed by atoms with Crippen LogP contribution in [0, 0.1) is 18.3 Å². The van der Waals surface area contributed by atoms with E-state index in [0.29, 0.717) is 16.7 Å². The first-order valence-electron chi connectivity index (χ1n) is 10.1. The Labute approximate surface area is 194 Å². The molecule has 0 saturated carbocycles. The highest BCUT2D eigenvalue weighted by molar-refractivity contribution is 7.93. The molecule has 6 nitrogen and oxygen atoms in total. The van der Waals surface area contributed by atoms with E-state index in [1.165, 1.54) is 11.3 Å². The van der Waals surface area contributed by atoms with Gasteiger partial charge in [0.2, 0.25) is 0 Å². The smallest absolute Gasteiger partial charge is 0.270 e. The predicted molar refractivity (Wildman–Crippen MR) is 126 cm³/mol. The van der Waals surface area contributed by atoms with E-state index in [9.17, 15) is 14.1 Å². The van der Waals surface area contributed by atoms with E-state index in [1.807, 2.05) is 13.0 Å². The third-order valence-electron chi connectivity index (χ3n) is 5.71. The molecule has 2 aliphatic rings. The van der Waals surface area contributed by atoms with E-state index in [2.05, 4.69) is 36.6 Å². The van der Waals surface area contributed by atoms with Crippen molar-refractivity contribution in [1.82, 2.24) is 4.98 Å². The number of rotatable bonds is 4. The highest BCUT2D eigenvalue weighted by Crippen LogP contribution is 2.40. The van der Waals surface area contributed by atoms with Crippen LogP contribution >= 0.6 is 22.9 Å². The minimum absolute atomic E-state index is 0.119. The van der Waals surface area contributed by atoms with Gasteiger partial charge in [0.05, 0.1) is 33.2 Å². The molecule has 3 atom stereocenters. The minimum atomic E-state index is -1.45. The SMILES string of the molecule is Cc1cnc(N2C(=O)c3c(Cl)ccc(N[S+]([O-])C4C=CC(C(C)(C)C)CC4)c3C2=O)s1. The molecular weight excluding hydrogens is 454 g/mol. The second-order valence-corrected chi connectivity index (χ2v) is 11.9. The lowest BCUT2D eigenvalue weighted by Crippen LogP contribution is -2.32. The summed E-state index contributed by atoms with van der Waals surface area (Å²) in [6, 6.07) is 3.15. The van der Waals surface area contributed by atoms with Crippen molar-refractivity contribution in [2.45, 2.75) is 45.8 Å². The Balaban J connectivity index is 1.60. The number of aromatic nitrogens is 1. The molecule has 2 aromatic rings. The Hall–Kier alpha value is -1.87. The van der Waals surface area contributed by atoms with Gasteiger partial charge in [0.15, 0.2) is 10.4 Å². The number of allylic oxidation sites excluding steroid dienone is 1. The molecule has 9 heteroatoms. The van der Waals surface area contributed by atoms with Gasteiger partial charge in [0.25, 0.3) is 11.8 Å². The summed E-state index contributed by atoms with van der Waals surface area (Å²) in [6.07, 6.45) is 7.48. The van der Waals surface area contributed by atoms with Crippen LogP contribution in [0.5, 0.6) is 0 Å². The standard InChI is InChI=1S/C22H24ClN3O3S2/c1-12-11-24-21(30-12)26-19(27)17-15(23)9-10-16(18(17)20(26)28)25-31(29)14-7-5-13(6-8-14)22(2,3)4/h5,7,9-11,13-14,25H,6,8H2,1-4H3. The van der Waals surface area contributed by atoms with Gasteiger partial charge >= 0.3 is 0 Å².